The summed E-state index contributed by atoms with van der Waals surface area (Å²) in [5.74, 6) is 0.147. The SMILES string of the molecule is C=CC(=O)OCCCCCCCCC1(C#N)CCCC(c2ccc(-c3ccc(CC)cc3)cc2)C1. The summed E-state index contributed by atoms with van der Waals surface area (Å²) in [7, 11) is 0. The topological polar surface area (TPSA) is 50.1 Å². The fourth-order valence-electron chi connectivity index (χ4n) is 5.42. The first kappa shape index (κ1) is 26.7. The molecule has 0 radical (unpaired) electrons. The Morgan fingerprint density at radius 2 is 1.66 bits per heavy atom. The maximum Gasteiger partial charge on any atom is 0.330 e. The molecule has 0 aliphatic heterocycles. The van der Waals surface area contributed by atoms with E-state index in [1.165, 1.54) is 47.6 Å². The van der Waals surface area contributed by atoms with Gasteiger partial charge in [-0.25, -0.2) is 4.79 Å². The van der Waals surface area contributed by atoms with Crippen LogP contribution in [0.1, 0.15) is 94.6 Å². The summed E-state index contributed by atoms with van der Waals surface area (Å²) in [5, 5.41) is 10.1. The normalized spacial score (nSPS) is 19.6. The molecule has 0 spiro atoms. The molecule has 1 saturated carbocycles. The molecule has 0 heterocycles. The number of benzene rings is 2. The van der Waals surface area contributed by atoms with E-state index in [0.717, 1.165) is 57.8 Å². The van der Waals surface area contributed by atoms with Crippen molar-refractivity contribution in [3.8, 4) is 17.2 Å². The van der Waals surface area contributed by atoms with Gasteiger partial charge in [-0.3, -0.25) is 0 Å². The maximum absolute atomic E-state index is 11.0. The third-order valence-corrected chi connectivity index (χ3v) is 7.62. The molecule has 0 saturated heterocycles. The van der Waals surface area contributed by atoms with Crippen molar-refractivity contribution in [2.75, 3.05) is 6.61 Å². The number of hydrogen-bond donors (Lipinski definition) is 0. The molecule has 3 heteroatoms. The van der Waals surface area contributed by atoms with E-state index in [-0.39, 0.29) is 11.4 Å². The van der Waals surface area contributed by atoms with Crippen LogP contribution in [-0.2, 0) is 16.0 Å². The van der Waals surface area contributed by atoms with Crippen molar-refractivity contribution in [3.63, 3.8) is 0 Å². The predicted molar refractivity (Wildman–Crippen MR) is 144 cm³/mol. The first-order chi connectivity index (χ1) is 17.1. The van der Waals surface area contributed by atoms with E-state index in [1.807, 2.05) is 0 Å². The lowest BCUT2D eigenvalue weighted by Gasteiger charge is -2.36. The van der Waals surface area contributed by atoms with Crippen LogP contribution >= 0.6 is 0 Å². The van der Waals surface area contributed by atoms with Gasteiger partial charge in [-0.15, -0.1) is 0 Å². The largest absolute Gasteiger partial charge is 0.463 e. The van der Waals surface area contributed by atoms with Gasteiger partial charge in [-0.1, -0.05) is 101 Å². The third kappa shape index (κ3) is 8.10. The standard InChI is InChI=1S/C32H41NO2/c1-3-26-13-15-27(16-14-26)28-17-19-29(20-18-28)30-12-11-22-32(24-30,25-33)21-9-7-5-6-8-10-23-35-31(34)4-2/h4,13-20,30H,2-3,5-12,21-24H2,1H3. The van der Waals surface area contributed by atoms with E-state index in [2.05, 4.69) is 68.1 Å². The molecule has 0 bridgehead atoms. The fraction of sp³-hybridized carbons (Fsp3) is 0.500. The van der Waals surface area contributed by atoms with Crippen LogP contribution in [0.3, 0.4) is 0 Å². The van der Waals surface area contributed by atoms with Gasteiger partial charge in [-0.05, 0) is 66.7 Å². The molecule has 0 aromatic heterocycles. The third-order valence-electron chi connectivity index (χ3n) is 7.62. The van der Waals surface area contributed by atoms with Crippen molar-refractivity contribution in [1.82, 2.24) is 0 Å². The van der Waals surface area contributed by atoms with Crippen molar-refractivity contribution in [2.24, 2.45) is 5.41 Å². The Balaban J connectivity index is 1.44. The summed E-state index contributed by atoms with van der Waals surface area (Å²) in [5.41, 5.74) is 5.11. The average molecular weight is 472 g/mol. The Labute approximate surface area is 212 Å². The smallest absolute Gasteiger partial charge is 0.330 e. The minimum atomic E-state index is -0.338. The number of carbonyl (C=O) groups excluding carboxylic acids is 1. The number of esters is 1. The fourth-order valence-corrected chi connectivity index (χ4v) is 5.42. The number of nitriles is 1. The Morgan fingerprint density at radius 3 is 2.29 bits per heavy atom. The molecule has 0 N–H and O–H groups in total. The van der Waals surface area contributed by atoms with Gasteiger partial charge in [0.15, 0.2) is 0 Å². The second-order valence-corrected chi connectivity index (χ2v) is 10.1. The number of aryl methyl sites for hydroxylation is 1. The van der Waals surface area contributed by atoms with Gasteiger partial charge >= 0.3 is 5.97 Å². The molecular weight excluding hydrogens is 430 g/mol. The molecule has 35 heavy (non-hydrogen) atoms. The Morgan fingerprint density at radius 1 is 1.03 bits per heavy atom. The highest BCUT2D eigenvalue weighted by Crippen LogP contribution is 2.46. The minimum absolute atomic E-state index is 0.170. The molecule has 3 nitrogen and oxygen atoms in total. The lowest BCUT2D eigenvalue weighted by Crippen LogP contribution is -2.26. The van der Waals surface area contributed by atoms with Crippen LogP contribution in [0.25, 0.3) is 11.1 Å². The number of hydrogen-bond acceptors (Lipinski definition) is 3. The van der Waals surface area contributed by atoms with Crippen LogP contribution in [0.4, 0.5) is 0 Å². The van der Waals surface area contributed by atoms with Gasteiger partial charge in [0.05, 0.1) is 18.1 Å². The van der Waals surface area contributed by atoms with Gasteiger partial charge in [0.2, 0.25) is 0 Å². The number of ether oxygens (including phenoxy) is 1. The average Bonchev–Trinajstić information content (AvgIpc) is 2.92. The number of carbonyl (C=O) groups is 1. The number of nitrogens with zero attached hydrogens (tertiary/aromatic N) is 1. The first-order valence-electron chi connectivity index (χ1n) is 13.5. The molecule has 1 fully saturated rings. The van der Waals surface area contributed by atoms with Crippen molar-refractivity contribution < 1.29 is 9.53 Å². The van der Waals surface area contributed by atoms with Gasteiger partial charge in [0, 0.05) is 6.08 Å². The Bertz CT molecular complexity index is 970. The van der Waals surface area contributed by atoms with E-state index in [0.29, 0.717) is 12.5 Å². The van der Waals surface area contributed by atoms with E-state index in [4.69, 9.17) is 4.74 Å². The van der Waals surface area contributed by atoms with Crippen LogP contribution < -0.4 is 0 Å². The zero-order chi connectivity index (χ0) is 24.9. The van der Waals surface area contributed by atoms with Crippen LogP contribution in [0.2, 0.25) is 0 Å². The Hall–Kier alpha value is -2.86. The monoisotopic (exact) mass is 471 g/mol. The zero-order valence-corrected chi connectivity index (χ0v) is 21.4. The van der Waals surface area contributed by atoms with E-state index in [9.17, 15) is 10.1 Å². The zero-order valence-electron chi connectivity index (χ0n) is 21.4. The van der Waals surface area contributed by atoms with Gasteiger partial charge in [0.25, 0.3) is 0 Å². The van der Waals surface area contributed by atoms with Crippen LogP contribution in [0, 0.1) is 16.7 Å². The molecule has 1 aliphatic rings. The highest BCUT2D eigenvalue weighted by molar-refractivity contribution is 5.81. The quantitative estimate of drug-likeness (QED) is 0.167. The van der Waals surface area contributed by atoms with Crippen molar-refractivity contribution in [1.29, 1.82) is 5.26 Å². The highest BCUT2D eigenvalue weighted by Gasteiger charge is 2.36. The number of unbranched alkanes of at least 4 members (excludes halogenated alkanes) is 5. The maximum atomic E-state index is 11.0. The molecule has 1 aliphatic carbocycles. The van der Waals surface area contributed by atoms with Gasteiger partial charge in [-0.2, -0.15) is 5.26 Å². The first-order valence-corrected chi connectivity index (χ1v) is 13.5. The second-order valence-electron chi connectivity index (χ2n) is 10.1. The summed E-state index contributed by atoms with van der Waals surface area (Å²) in [4.78, 5) is 11.0. The van der Waals surface area contributed by atoms with Gasteiger partial charge in [0.1, 0.15) is 0 Å². The molecular formula is C32H41NO2. The second kappa shape index (κ2) is 13.9. The molecule has 186 valence electrons. The molecule has 3 rings (SSSR count). The highest BCUT2D eigenvalue weighted by atomic mass is 16.5. The molecule has 0 amide bonds. The minimum Gasteiger partial charge on any atom is -0.463 e. The molecule has 2 unspecified atom stereocenters. The van der Waals surface area contributed by atoms with E-state index >= 15 is 0 Å². The molecule has 2 aromatic rings. The molecule has 2 aromatic carbocycles. The van der Waals surface area contributed by atoms with Crippen molar-refractivity contribution in [2.45, 2.75) is 89.9 Å². The van der Waals surface area contributed by atoms with Gasteiger partial charge < -0.3 is 4.74 Å². The predicted octanol–water partition coefficient (Wildman–Crippen LogP) is 8.54. The van der Waals surface area contributed by atoms with E-state index in [1.54, 1.807) is 0 Å². The van der Waals surface area contributed by atoms with Crippen molar-refractivity contribution >= 4 is 5.97 Å². The summed E-state index contributed by atoms with van der Waals surface area (Å²) in [6.07, 6.45) is 14.3. The Kier molecular flexibility index (Phi) is 10.6. The summed E-state index contributed by atoms with van der Waals surface area (Å²) < 4.78 is 5.02. The summed E-state index contributed by atoms with van der Waals surface area (Å²) >= 11 is 0. The van der Waals surface area contributed by atoms with Crippen LogP contribution in [0.15, 0.2) is 61.2 Å². The summed E-state index contributed by atoms with van der Waals surface area (Å²) in [6.45, 7) is 6.07. The number of rotatable bonds is 13. The van der Waals surface area contributed by atoms with Crippen molar-refractivity contribution in [3.05, 3.63) is 72.3 Å². The van der Waals surface area contributed by atoms with Crippen LogP contribution in [0.5, 0.6) is 0 Å². The van der Waals surface area contributed by atoms with E-state index < -0.39 is 0 Å². The van der Waals surface area contributed by atoms with Crippen LogP contribution in [-0.4, -0.2) is 12.6 Å². The molecule has 2 atom stereocenters. The summed E-state index contributed by atoms with van der Waals surface area (Å²) in [6, 6.07) is 20.7. The lowest BCUT2D eigenvalue weighted by molar-refractivity contribution is -0.137. The lowest BCUT2D eigenvalue weighted by atomic mass is 9.66.